The molecule has 0 fully saturated rings. The Morgan fingerprint density at radius 1 is 1.42 bits per heavy atom. The molecule has 0 saturated carbocycles. The van der Waals surface area contributed by atoms with Gasteiger partial charge in [0, 0.05) is 19.0 Å². The number of hydrogen-bond donors (Lipinski definition) is 2. The Balaban J connectivity index is 2.37. The smallest absolute Gasteiger partial charge is 0.407 e. The summed E-state index contributed by atoms with van der Waals surface area (Å²) in [5.74, 6) is 0.611. The average molecular weight is 422 g/mol. The molecule has 144 valence electrons. The molecule has 1 aromatic carbocycles. The topological polar surface area (TPSA) is 75.8 Å². The Hall–Kier alpha value is -1.30. The van der Waals surface area contributed by atoms with E-state index in [1.807, 2.05) is 39.0 Å². The van der Waals surface area contributed by atoms with E-state index in [0.29, 0.717) is 17.9 Å². The minimum Gasteiger partial charge on any atom is -0.489 e. The highest BCUT2D eigenvalue weighted by Gasteiger charge is 2.34. The summed E-state index contributed by atoms with van der Waals surface area (Å²) in [7, 11) is 0. The Labute approximate surface area is 168 Å². The summed E-state index contributed by atoms with van der Waals surface area (Å²) >= 11 is 17.8. The van der Waals surface area contributed by atoms with Gasteiger partial charge in [-0.25, -0.2) is 4.79 Å². The lowest BCUT2D eigenvalue weighted by atomic mass is 9.90. The Kier molecular flexibility index (Phi) is 6.59. The van der Waals surface area contributed by atoms with E-state index >= 15 is 0 Å². The first kappa shape index (κ1) is 21.0. The number of benzene rings is 1. The Bertz CT molecular complexity index is 714. The lowest BCUT2D eigenvalue weighted by Crippen LogP contribution is -2.43. The number of ether oxygens (including phenoxy) is 1. The monoisotopic (exact) mass is 420 g/mol. The second-order valence-corrected chi connectivity index (χ2v) is 9.23. The van der Waals surface area contributed by atoms with Gasteiger partial charge in [0.2, 0.25) is 0 Å². The van der Waals surface area contributed by atoms with E-state index in [1.54, 1.807) is 0 Å². The predicted octanol–water partition coefficient (Wildman–Crippen LogP) is 5.26. The number of aryl methyl sites for hydroxylation is 1. The number of nitrogen functional groups attached to an aromatic ring is 1. The SMILES string of the molecule is Cc1cc(N)c(OC(C)C)cc1C1=CCN(C(=O)O)C(CC(Cl)(Cl)Cl)C1. The van der Waals surface area contributed by atoms with Crippen LogP contribution in [0.4, 0.5) is 10.5 Å². The summed E-state index contributed by atoms with van der Waals surface area (Å²) in [5.41, 5.74) is 9.58. The van der Waals surface area contributed by atoms with E-state index in [2.05, 4.69) is 0 Å². The van der Waals surface area contributed by atoms with Gasteiger partial charge < -0.3 is 20.5 Å². The van der Waals surface area contributed by atoms with E-state index in [4.69, 9.17) is 45.3 Å². The Morgan fingerprint density at radius 3 is 2.62 bits per heavy atom. The molecule has 0 aromatic heterocycles. The molecule has 0 radical (unpaired) electrons. The summed E-state index contributed by atoms with van der Waals surface area (Å²) in [4.78, 5) is 12.8. The van der Waals surface area contributed by atoms with Crippen molar-refractivity contribution in [3.8, 4) is 5.75 Å². The fraction of sp³-hybridized carbons (Fsp3) is 0.500. The molecular weight excluding hydrogens is 399 g/mol. The maximum Gasteiger partial charge on any atom is 0.407 e. The molecular formula is C18H23Cl3N2O3. The summed E-state index contributed by atoms with van der Waals surface area (Å²) in [6, 6.07) is 3.34. The first-order valence-electron chi connectivity index (χ1n) is 8.30. The predicted molar refractivity (Wildman–Crippen MR) is 107 cm³/mol. The minimum atomic E-state index is -1.52. The van der Waals surface area contributed by atoms with Crippen molar-refractivity contribution in [3.05, 3.63) is 29.3 Å². The van der Waals surface area contributed by atoms with Crippen LogP contribution >= 0.6 is 34.8 Å². The Morgan fingerprint density at radius 2 is 2.08 bits per heavy atom. The maximum atomic E-state index is 11.5. The number of carboxylic acid groups (broad SMARTS) is 1. The third kappa shape index (κ3) is 5.35. The maximum absolute atomic E-state index is 11.5. The van der Waals surface area contributed by atoms with Gasteiger partial charge >= 0.3 is 6.09 Å². The summed E-state index contributed by atoms with van der Waals surface area (Å²) in [6.07, 6.45) is 1.42. The fourth-order valence-corrected chi connectivity index (χ4v) is 3.66. The average Bonchev–Trinajstić information content (AvgIpc) is 2.47. The summed E-state index contributed by atoms with van der Waals surface area (Å²) in [5, 5.41) is 9.43. The van der Waals surface area contributed by atoms with Crippen LogP contribution in [0, 0.1) is 6.92 Å². The molecule has 0 aliphatic carbocycles. The molecule has 3 N–H and O–H groups in total. The molecule has 0 bridgehead atoms. The lowest BCUT2D eigenvalue weighted by molar-refractivity contribution is 0.127. The number of nitrogens with zero attached hydrogens (tertiary/aromatic N) is 1. The number of halogens is 3. The van der Waals surface area contributed by atoms with E-state index in [-0.39, 0.29) is 19.1 Å². The van der Waals surface area contributed by atoms with Crippen LogP contribution in [0.2, 0.25) is 0 Å². The highest BCUT2D eigenvalue weighted by molar-refractivity contribution is 6.67. The van der Waals surface area contributed by atoms with Crippen LogP contribution in [-0.4, -0.2) is 38.6 Å². The molecule has 26 heavy (non-hydrogen) atoms. The van der Waals surface area contributed by atoms with E-state index in [1.165, 1.54) is 4.90 Å². The fourth-order valence-electron chi connectivity index (χ4n) is 3.12. The molecule has 1 aliphatic heterocycles. The standard InChI is InChI=1S/C18H23Cl3N2O3/c1-10(2)26-16-8-14(11(3)6-15(16)22)12-4-5-23(17(24)25)13(7-12)9-18(19,20)21/h4,6,8,10,13H,5,7,9,22H2,1-3H3,(H,24,25). The molecule has 0 saturated heterocycles. The first-order valence-corrected chi connectivity index (χ1v) is 9.44. The first-order chi connectivity index (χ1) is 12.0. The van der Waals surface area contributed by atoms with Gasteiger partial charge in [-0.3, -0.25) is 0 Å². The van der Waals surface area contributed by atoms with E-state index in [0.717, 1.165) is 16.7 Å². The van der Waals surface area contributed by atoms with Crippen LogP contribution in [0.1, 0.15) is 37.8 Å². The van der Waals surface area contributed by atoms with Gasteiger partial charge in [0.1, 0.15) is 5.75 Å². The largest absolute Gasteiger partial charge is 0.489 e. The zero-order valence-electron chi connectivity index (χ0n) is 14.9. The molecule has 8 heteroatoms. The normalized spacial score (nSPS) is 18.0. The van der Waals surface area contributed by atoms with Crippen molar-refractivity contribution in [2.45, 2.75) is 49.6 Å². The lowest BCUT2D eigenvalue weighted by Gasteiger charge is -2.35. The van der Waals surface area contributed by atoms with Crippen molar-refractivity contribution < 1.29 is 14.6 Å². The van der Waals surface area contributed by atoms with Crippen molar-refractivity contribution in [1.29, 1.82) is 0 Å². The number of rotatable bonds is 4. The minimum absolute atomic E-state index is 0.00666. The summed E-state index contributed by atoms with van der Waals surface area (Å²) < 4.78 is 4.25. The third-order valence-corrected chi connectivity index (χ3v) is 4.67. The van der Waals surface area contributed by atoms with Crippen LogP contribution in [0.5, 0.6) is 5.75 Å². The molecule has 1 aliphatic rings. The van der Waals surface area contributed by atoms with Gasteiger partial charge in [-0.2, -0.15) is 0 Å². The molecule has 5 nitrogen and oxygen atoms in total. The van der Waals surface area contributed by atoms with Crippen molar-refractivity contribution >= 4 is 52.2 Å². The highest BCUT2D eigenvalue weighted by atomic mass is 35.6. The van der Waals surface area contributed by atoms with Crippen LogP contribution < -0.4 is 10.5 Å². The number of carbonyl (C=O) groups is 1. The summed E-state index contributed by atoms with van der Waals surface area (Å²) in [6.45, 7) is 6.06. The number of amides is 1. The zero-order chi connectivity index (χ0) is 19.6. The van der Waals surface area contributed by atoms with Gasteiger partial charge in [-0.05, 0) is 56.0 Å². The van der Waals surface area contributed by atoms with Crippen molar-refractivity contribution in [2.24, 2.45) is 0 Å². The van der Waals surface area contributed by atoms with Gasteiger partial charge in [0.15, 0.2) is 3.79 Å². The number of alkyl halides is 3. The van der Waals surface area contributed by atoms with Crippen molar-refractivity contribution in [3.63, 3.8) is 0 Å². The van der Waals surface area contributed by atoms with Gasteiger partial charge in [-0.1, -0.05) is 40.9 Å². The molecule has 1 amide bonds. The quantitative estimate of drug-likeness (QED) is 0.513. The van der Waals surface area contributed by atoms with Crippen molar-refractivity contribution in [2.75, 3.05) is 12.3 Å². The highest BCUT2D eigenvalue weighted by Crippen LogP contribution is 2.39. The molecule has 1 atom stereocenters. The van der Waals surface area contributed by atoms with E-state index < -0.39 is 15.9 Å². The van der Waals surface area contributed by atoms with Crippen molar-refractivity contribution in [1.82, 2.24) is 4.90 Å². The molecule has 2 rings (SSSR count). The van der Waals surface area contributed by atoms with Gasteiger partial charge in [-0.15, -0.1) is 0 Å². The van der Waals surface area contributed by atoms with Crippen LogP contribution in [-0.2, 0) is 0 Å². The van der Waals surface area contributed by atoms with Crippen LogP contribution in [0.15, 0.2) is 18.2 Å². The zero-order valence-corrected chi connectivity index (χ0v) is 17.2. The number of nitrogens with two attached hydrogens (primary N) is 1. The van der Waals surface area contributed by atoms with Crippen LogP contribution in [0.3, 0.4) is 0 Å². The number of anilines is 1. The third-order valence-electron chi connectivity index (χ3n) is 4.21. The molecule has 1 aromatic rings. The second-order valence-electron chi connectivity index (χ2n) is 6.71. The molecule has 1 unspecified atom stereocenters. The van der Waals surface area contributed by atoms with Gasteiger partial charge in [0.05, 0.1) is 11.8 Å². The van der Waals surface area contributed by atoms with Crippen LogP contribution in [0.25, 0.3) is 5.57 Å². The van der Waals surface area contributed by atoms with E-state index in [9.17, 15) is 9.90 Å². The molecule has 0 spiro atoms. The molecule has 1 heterocycles. The number of hydrogen-bond acceptors (Lipinski definition) is 3. The van der Waals surface area contributed by atoms with Gasteiger partial charge in [0.25, 0.3) is 0 Å². The second kappa shape index (κ2) is 8.15.